The number of carbonyl (C=O) groups is 1. The number of thiazole rings is 1. The number of para-hydroxylation sites is 1. The molecular weight excluding hydrogens is 474 g/mol. The molecule has 0 fully saturated rings. The molecule has 4 aromatic rings. The van der Waals surface area contributed by atoms with Crippen LogP contribution in [-0.4, -0.2) is 30.3 Å². The van der Waals surface area contributed by atoms with Gasteiger partial charge in [-0.2, -0.15) is 0 Å². The summed E-state index contributed by atoms with van der Waals surface area (Å²) in [4.78, 5) is 29.9. The number of anilines is 1. The number of nitrogens with zero attached hydrogens (tertiary/aromatic N) is 3. The molecule has 0 unspecified atom stereocenters. The first-order chi connectivity index (χ1) is 16.3. The van der Waals surface area contributed by atoms with Gasteiger partial charge < -0.3 is 4.74 Å². The van der Waals surface area contributed by atoms with E-state index in [1.54, 1.807) is 6.07 Å². The van der Waals surface area contributed by atoms with Gasteiger partial charge in [0.15, 0.2) is 4.96 Å². The van der Waals surface area contributed by atoms with Gasteiger partial charge in [0.25, 0.3) is 15.6 Å². The third-order valence-electron chi connectivity index (χ3n) is 5.71. The minimum atomic E-state index is -3.86. The fourth-order valence-corrected chi connectivity index (χ4v) is 6.54. The number of hydrogen-bond donors (Lipinski definition) is 0. The zero-order valence-corrected chi connectivity index (χ0v) is 19.9. The number of sulfonamides is 1. The van der Waals surface area contributed by atoms with Crippen molar-refractivity contribution in [2.45, 2.75) is 31.3 Å². The third-order valence-corrected chi connectivity index (χ3v) is 8.46. The van der Waals surface area contributed by atoms with Crippen molar-refractivity contribution < 1.29 is 17.9 Å². The first kappa shape index (κ1) is 22.3. The highest BCUT2D eigenvalue weighted by molar-refractivity contribution is 7.92. The summed E-state index contributed by atoms with van der Waals surface area (Å²) in [5.74, 6) is -0.694. The van der Waals surface area contributed by atoms with Gasteiger partial charge in [0.2, 0.25) is 0 Å². The molecule has 0 N–H and O–H groups in total. The Labute approximate surface area is 200 Å². The molecule has 0 aliphatic carbocycles. The van der Waals surface area contributed by atoms with Crippen LogP contribution in [0.1, 0.15) is 33.7 Å². The number of benzene rings is 2. The third kappa shape index (κ3) is 3.99. The number of rotatable bonds is 5. The first-order valence-corrected chi connectivity index (χ1v) is 13.0. The maximum absolute atomic E-state index is 13.4. The van der Waals surface area contributed by atoms with Crippen molar-refractivity contribution in [3.8, 4) is 0 Å². The largest absolute Gasteiger partial charge is 0.456 e. The Bertz CT molecular complexity index is 1570. The lowest BCUT2D eigenvalue weighted by atomic mass is 10.0. The van der Waals surface area contributed by atoms with Crippen LogP contribution in [0.15, 0.2) is 69.7 Å². The number of fused-ring (bicyclic) bond motifs is 2. The van der Waals surface area contributed by atoms with Crippen molar-refractivity contribution >= 4 is 38.0 Å². The van der Waals surface area contributed by atoms with E-state index in [1.807, 2.05) is 30.5 Å². The molecule has 8 nitrogen and oxygen atoms in total. The Morgan fingerprint density at radius 1 is 1.15 bits per heavy atom. The van der Waals surface area contributed by atoms with Gasteiger partial charge in [0.05, 0.1) is 21.8 Å². The molecule has 3 heterocycles. The molecule has 34 heavy (non-hydrogen) atoms. The van der Waals surface area contributed by atoms with E-state index in [1.165, 1.54) is 50.4 Å². The van der Waals surface area contributed by atoms with E-state index in [2.05, 4.69) is 4.98 Å². The molecule has 2 aromatic heterocycles. The lowest BCUT2D eigenvalue weighted by Gasteiger charge is -2.30. The second-order valence-electron chi connectivity index (χ2n) is 7.99. The maximum Gasteiger partial charge on any atom is 0.338 e. The van der Waals surface area contributed by atoms with E-state index >= 15 is 0 Å². The summed E-state index contributed by atoms with van der Waals surface area (Å²) in [7, 11) is -3.86. The van der Waals surface area contributed by atoms with Crippen LogP contribution in [0.4, 0.5) is 5.69 Å². The van der Waals surface area contributed by atoms with Crippen LogP contribution in [0.3, 0.4) is 0 Å². The molecule has 0 amide bonds. The highest BCUT2D eigenvalue weighted by atomic mass is 32.2. The summed E-state index contributed by atoms with van der Waals surface area (Å²) in [6.45, 7) is 1.99. The van der Waals surface area contributed by atoms with Crippen molar-refractivity contribution in [2.24, 2.45) is 0 Å². The Hall–Kier alpha value is -3.50. The Kier molecular flexibility index (Phi) is 5.70. The second kappa shape index (κ2) is 8.69. The van der Waals surface area contributed by atoms with Crippen LogP contribution in [0.25, 0.3) is 4.96 Å². The second-order valence-corrected chi connectivity index (χ2v) is 10.7. The van der Waals surface area contributed by atoms with Crippen LogP contribution in [0, 0.1) is 6.92 Å². The first-order valence-electron chi connectivity index (χ1n) is 10.7. The number of carbonyl (C=O) groups excluding carboxylic acids is 1. The molecular formula is C24H21N3O5S2. The Balaban J connectivity index is 1.37. The van der Waals surface area contributed by atoms with Crippen LogP contribution < -0.4 is 9.86 Å². The highest BCUT2D eigenvalue weighted by Crippen LogP contribution is 2.32. The molecule has 174 valence electrons. The summed E-state index contributed by atoms with van der Waals surface area (Å²) in [6, 6.07) is 14.6. The van der Waals surface area contributed by atoms with Gasteiger partial charge in [-0.3, -0.25) is 13.5 Å². The Morgan fingerprint density at radius 2 is 1.97 bits per heavy atom. The quantitative estimate of drug-likeness (QED) is 0.393. The van der Waals surface area contributed by atoms with Gasteiger partial charge >= 0.3 is 5.97 Å². The predicted molar refractivity (Wildman–Crippen MR) is 129 cm³/mol. The van der Waals surface area contributed by atoms with E-state index in [4.69, 9.17) is 4.74 Å². The van der Waals surface area contributed by atoms with Gasteiger partial charge in [-0.25, -0.2) is 18.2 Å². The summed E-state index contributed by atoms with van der Waals surface area (Å²) >= 11 is 1.33. The van der Waals surface area contributed by atoms with Gasteiger partial charge in [-0.05, 0) is 49.6 Å². The van der Waals surface area contributed by atoms with E-state index in [9.17, 15) is 18.0 Å². The van der Waals surface area contributed by atoms with E-state index < -0.39 is 16.0 Å². The van der Waals surface area contributed by atoms with E-state index in [-0.39, 0.29) is 22.6 Å². The lowest BCUT2D eigenvalue weighted by molar-refractivity contribution is 0.0467. The molecule has 0 radical (unpaired) electrons. The van der Waals surface area contributed by atoms with Gasteiger partial charge in [-0.15, -0.1) is 11.3 Å². The minimum absolute atomic E-state index is 0.0190. The summed E-state index contributed by atoms with van der Waals surface area (Å²) in [5, 5.41) is 1.83. The van der Waals surface area contributed by atoms with Gasteiger partial charge in [-0.1, -0.05) is 24.3 Å². The molecule has 0 bridgehead atoms. The Morgan fingerprint density at radius 3 is 2.82 bits per heavy atom. The zero-order chi connectivity index (χ0) is 23.9. The topological polar surface area (TPSA) is 98.0 Å². The van der Waals surface area contributed by atoms with E-state index in [0.29, 0.717) is 22.9 Å². The fourth-order valence-electron chi connectivity index (χ4n) is 4.06. The number of aryl methyl sites for hydroxylation is 2. The number of esters is 1. The van der Waals surface area contributed by atoms with Crippen molar-refractivity contribution in [3.63, 3.8) is 0 Å². The van der Waals surface area contributed by atoms with Crippen molar-refractivity contribution in [1.82, 2.24) is 9.38 Å². The summed E-state index contributed by atoms with van der Waals surface area (Å²) < 4.78 is 35.0. The zero-order valence-electron chi connectivity index (χ0n) is 18.3. The maximum atomic E-state index is 13.4. The molecule has 0 atom stereocenters. The van der Waals surface area contributed by atoms with Crippen LogP contribution in [-0.2, 0) is 27.8 Å². The lowest BCUT2D eigenvalue weighted by Crippen LogP contribution is -2.35. The number of hydrogen-bond acceptors (Lipinski definition) is 7. The number of ether oxygens (including phenoxy) is 1. The van der Waals surface area contributed by atoms with Crippen LogP contribution >= 0.6 is 11.3 Å². The van der Waals surface area contributed by atoms with Crippen molar-refractivity contribution in [2.75, 3.05) is 10.8 Å². The fraction of sp³-hybridized carbons (Fsp3) is 0.208. The molecule has 10 heteroatoms. The monoisotopic (exact) mass is 495 g/mol. The molecule has 0 saturated carbocycles. The SMILES string of the molecule is Cc1csc2nc(COC(=O)c3cccc(S(=O)(=O)N4CCCc5ccccc54)c3)cc(=O)n12. The standard InChI is InChI=1S/C24H21N3O5S2/c1-16-15-33-24-25-19(13-22(28)27(16)24)14-32-23(29)18-7-4-9-20(12-18)34(30,31)26-11-5-8-17-6-2-3-10-21(17)26/h2-4,6-7,9-10,12-13,15H,5,8,11,14H2,1H3. The molecule has 2 aromatic carbocycles. The summed E-state index contributed by atoms with van der Waals surface area (Å²) in [6.07, 6.45) is 1.54. The van der Waals surface area contributed by atoms with Gasteiger partial charge in [0.1, 0.15) is 6.61 Å². The average Bonchev–Trinajstić information content (AvgIpc) is 3.23. The van der Waals surface area contributed by atoms with Crippen LogP contribution in [0.5, 0.6) is 0 Å². The summed E-state index contributed by atoms with van der Waals surface area (Å²) in [5.41, 5.74) is 2.62. The molecule has 0 saturated heterocycles. The van der Waals surface area contributed by atoms with Crippen molar-refractivity contribution in [1.29, 1.82) is 0 Å². The molecule has 0 spiro atoms. The normalized spacial score (nSPS) is 13.6. The van der Waals surface area contributed by atoms with Crippen molar-refractivity contribution in [3.05, 3.63) is 92.8 Å². The molecule has 5 rings (SSSR count). The number of aromatic nitrogens is 2. The minimum Gasteiger partial charge on any atom is -0.456 e. The smallest absolute Gasteiger partial charge is 0.338 e. The average molecular weight is 496 g/mol. The molecule has 1 aliphatic heterocycles. The van der Waals surface area contributed by atoms with Gasteiger partial charge in [0, 0.05) is 23.7 Å². The van der Waals surface area contributed by atoms with E-state index in [0.717, 1.165) is 24.1 Å². The highest BCUT2D eigenvalue weighted by Gasteiger charge is 2.29. The predicted octanol–water partition coefficient (Wildman–Crippen LogP) is 3.56. The molecule has 1 aliphatic rings. The van der Waals surface area contributed by atoms with Crippen LogP contribution in [0.2, 0.25) is 0 Å².